The van der Waals surface area contributed by atoms with Gasteiger partial charge in [-0.15, -0.1) is 0 Å². The Kier molecular flexibility index (Phi) is 7.34. The Balaban J connectivity index is 3.31. The lowest BCUT2D eigenvalue weighted by Crippen LogP contribution is -2.24. The minimum Gasteiger partial charge on any atom is -0.489 e. The van der Waals surface area contributed by atoms with Gasteiger partial charge in [0.2, 0.25) is 5.24 Å². The van der Waals surface area contributed by atoms with E-state index in [0.717, 1.165) is 18.6 Å². The van der Waals surface area contributed by atoms with Crippen LogP contribution in [-0.4, -0.2) is 11.3 Å². The topological polar surface area (TPSA) is 26.3 Å². The molecule has 1 unspecified atom stereocenters. The first-order valence-corrected chi connectivity index (χ1v) is 9.31. The average molecular weight is 352 g/mol. The molecule has 0 aliphatic carbocycles. The normalized spacial score (nSPS) is 13.7. The Morgan fingerprint density at radius 2 is 1.71 bits per heavy atom. The largest absolute Gasteiger partial charge is 0.489 e. The van der Waals surface area contributed by atoms with E-state index in [1.165, 1.54) is 17.5 Å². The number of carbonyl (C=O) groups is 1. The maximum absolute atomic E-state index is 11.2. The summed E-state index contributed by atoms with van der Waals surface area (Å²) in [7, 11) is 0. The fourth-order valence-corrected chi connectivity index (χ4v) is 2.66. The molecule has 3 heteroatoms. The van der Waals surface area contributed by atoms with E-state index in [2.05, 4.69) is 59.7 Å². The minimum absolute atomic E-state index is 0.00156. The van der Waals surface area contributed by atoms with Crippen molar-refractivity contribution < 1.29 is 9.53 Å². The smallest absolute Gasteiger partial charge is 0.229 e. The van der Waals surface area contributed by atoms with E-state index >= 15 is 0 Å². The van der Waals surface area contributed by atoms with Crippen molar-refractivity contribution in [3.8, 4) is 5.75 Å². The Morgan fingerprint density at radius 3 is 2.17 bits per heavy atom. The molecule has 24 heavy (non-hydrogen) atoms. The molecule has 0 aliphatic rings. The zero-order valence-corrected chi connectivity index (χ0v) is 17.0. The molecule has 0 heterocycles. The number of hydrogen-bond donors (Lipinski definition) is 0. The molecule has 0 bridgehead atoms. The predicted molar refractivity (Wildman–Crippen MR) is 103 cm³/mol. The highest BCUT2D eigenvalue weighted by molar-refractivity contribution is 6.65. The van der Waals surface area contributed by atoms with Crippen molar-refractivity contribution in [3.63, 3.8) is 0 Å². The van der Waals surface area contributed by atoms with E-state index in [0.29, 0.717) is 6.42 Å². The summed E-state index contributed by atoms with van der Waals surface area (Å²) in [5.74, 6) is 0.846. The number of halogens is 1. The summed E-state index contributed by atoms with van der Waals surface area (Å²) in [5.41, 5.74) is 2.63. The van der Waals surface area contributed by atoms with Gasteiger partial charge in [0, 0.05) is 5.56 Å². The van der Waals surface area contributed by atoms with Crippen molar-refractivity contribution in [2.45, 2.75) is 84.7 Å². The Hall–Kier alpha value is -1.02. The molecule has 1 radical (unpaired) electrons. The van der Waals surface area contributed by atoms with Gasteiger partial charge in [0.25, 0.3) is 0 Å². The lowest BCUT2D eigenvalue weighted by molar-refractivity contribution is -0.109. The van der Waals surface area contributed by atoms with Gasteiger partial charge in [-0.2, -0.15) is 0 Å². The molecule has 2 nitrogen and oxygen atoms in total. The summed E-state index contributed by atoms with van der Waals surface area (Å²) in [6.45, 7) is 15.4. The van der Waals surface area contributed by atoms with Crippen molar-refractivity contribution in [2.24, 2.45) is 0 Å². The molecule has 1 atom stereocenters. The maximum atomic E-state index is 11.2. The van der Waals surface area contributed by atoms with Crippen LogP contribution in [0.15, 0.2) is 18.2 Å². The maximum Gasteiger partial charge on any atom is 0.229 e. The zero-order chi connectivity index (χ0) is 18.5. The molecule has 0 aliphatic heterocycles. The second kappa shape index (κ2) is 8.38. The summed E-state index contributed by atoms with van der Waals surface area (Å²) >= 11 is 5.50. The molecular formula is C21H32ClO2. The number of rotatable bonds is 9. The van der Waals surface area contributed by atoms with Gasteiger partial charge < -0.3 is 4.74 Å². The van der Waals surface area contributed by atoms with Gasteiger partial charge in [-0.1, -0.05) is 60.6 Å². The highest BCUT2D eigenvalue weighted by atomic mass is 35.5. The first kappa shape index (κ1) is 21.0. The van der Waals surface area contributed by atoms with Crippen LogP contribution < -0.4 is 4.74 Å². The third-order valence-electron chi connectivity index (χ3n) is 5.26. The first-order chi connectivity index (χ1) is 11.1. The number of carbonyl (C=O) groups excluding carboxylic acids is 1. The molecule has 0 N–H and O–H groups in total. The monoisotopic (exact) mass is 351 g/mol. The summed E-state index contributed by atoms with van der Waals surface area (Å²) in [6, 6.07) is 6.47. The van der Waals surface area contributed by atoms with E-state index in [4.69, 9.17) is 16.3 Å². The molecule has 0 saturated heterocycles. The van der Waals surface area contributed by atoms with Crippen LogP contribution in [-0.2, 0) is 15.6 Å². The van der Waals surface area contributed by atoms with E-state index in [-0.39, 0.29) is 16.9 Å². The molecule has 0 aromatic heterocycles. The molecule has 135 valence electrons. The van der Waals surface area contributed by atoms with Crippen LogP contribution in [0.4, 0.5) is 0 Å². The van der Waals surface area contributed by atoms with Crippen molar-refractivity contribution in [2.75, 3.05) is 0 Å². The SMILES string of the molecule is CCC([CH]C(=O)Cl)Oc1ccc(C(C)(C)CC)cc1C(C)(C)CC. The van der Waals surface area contributed by atoms with Gasteiger partial charge in [0.05, 0.1) is 6.42 Å². The van der Waals surface area contributed by atoms with Crippen molar-refractivity contribution in [1.29, 1.82) is 0 Å². The molecular weight excluding hydrogens is 320 g/mol. The lowest BCUT2D eigenvalue weighted by atomic mass is 9.76. The molecule has 0 amide bonds. The third-order valence-corrected chi connectivity index (χ3v) is 5.38. The number of hydrogen-bond acceptors (Lipinski definition) is 2. The summed E-state index contributed by atoms with van der Waals surface area (Å²) in [4.78, 5) is 11.2. The molecule has 1 aromatic rings. The molecule has 0 spiro atoms. The fourth-order valence-electron chi connectivity index (χ4n) is 2.52. The van der Waals surface area contributed by atoms with Crippen LogP contribution in [0.1, 0.15) is 78.9 Å². The fraction of sp³-hybridized carbons (Fsp3) is 0.619. The van der Waals surface area contributed by atoms with Crippen LogP contribution >= 0.6 is 11.6 Å². The second-order valence-electron chi connectivity index (χ2n) is 7.72. The molecule has 1 rings (SSSR count). The average Bonchev–Trinajstić information content (AvgIpc) is 2.53. The summed E-state index contributed by atoms with van der Waals surface area (Å²) in [6.07, 6.45) is 3.92. The Morgan fingerprint density at radius 1 is 1.12 bits per heavy atom. The van der Waals surface area contributed by atoms with Gasteiger partial charge in [0.1, 0.15) is 11.9 Å². The second-order valence-corrected chi connectivity index (χ2v) is 8.09. The van der Waals surface area contributed by atoms with Gasteiger partial charge in [-0.3, -0.25) is 4.79 Å². The Labute approximate surface area is 152 Å². The van der Waals surface area contributed by atoms with Crippen molar-refractivity contribution in [3.05, 3.63) is 35.7 Å². The van der Waals surface area contributed by atoms with E-state index in [1.54, 1.807) is 0 Å². The van der Waals surface area contributed by atoms with Gasteiger partial charge >= 0.3 is 0 Å². The van der Waals surface area contributed by atoms with Gasteiger partial charge in [-0.05, 0) is 53.3 Å². The molecule has 1 aromatic carbocycles. The van der Waals surface area contributed by atoms with E-state index < -0.39 is 5.24 Å². The van der Waals surface area contributed by atoms with Crippen molar-refractivity contribution >= 4 is 16.8 Å². The third kappa shape index (κ3) is 5.24. The minimum atomic E-state index is -0.470. The molecule has 0 saturated carbocycles. The molecule has 0 fully saturated rings. The van der Waals surface area contributed by atoms with Gasteiger partial charge in [-0.25, -0.2) is 0 Å². The van der Waals surface area contributed by atoms with Crippen molar-refractivity contribution in [1.82, 2.24) is 0 Å². The van der Waals surface area contributed by atoms with Crippen LogP contribution in [0.2, 0.25) is 0 Å². The summed E-state index contributed by atoms with van der Waals surface area (Å²) in [5, 5.41) is -0.470. The van der Waals surface area contributed by atoms with Crippen LogP contribution in [0.25, 0.3) is 0 Å². The number of ether oxygens (including phenoxy) is 1. The zero-order valence-electron chi connectivity index (χ0n) is 16.2. The highest BCUT2D eigenvalue weighted by Crippen LogP contribution is 2.39. The number of benzene rings is 1. The van der Waals surface area contributed by atoms with E-state index in [1.807, 2.05) is 6.92 Å². The first-order valence-electron chi connectivity index (χ1n) is 8.93. The van der Waals surface area contributed by atoms with Crippen LogP contribution in [0, 0.1) is 6.42 Å². The lowest BCUT2D eigenvalue weighted by Gasteiger charge is -2.31. The van der Waals surface area contributed by atoms with E-state index in [9.17, 15) is 4.79 Å². The quantitative estimate of drug-likeness (QED) is 0.496. The highest BCUT2D eigenvalue weighted by Gasteiger charge is 2.27. The van der Waals surface area contributed by atoms with Gasteiger partial charge in [0.15, 0.2) is 0 Å². The predicted octanol–water partition coefficient (Wildman–Crippen LogP) is 6.19. The standard InChI is InChI=1S/C21H32ClO2/c1-8-16(14-19(22)23)24-18-12-11-15(20(4,5)9-2)13-17(18)21(6,7)10-3/h11-14,16H,8-10H2,1-7H3. The Bertz CT molecular complexity index is 561. The van der Waals surface area contributed by atoms with Crippen LogP contribution in [0.3, 0.4) is 0 Å². The summed E-state index contributed by atoms with van der Waals surface area (Å²) < 4.78 is 6.13. The van der Waals surface area contributed by atoms with Crippen LogP contribution in [0.5, 0.6) is 5.75 Å².